The summed E-state index contributed by atoms with van der Waals surface area (Å²) in [5, 5.41) is 10.2. The van der Waals surface area contributed by atoms with Crippen molar-refractivity contribution < 1.29 is 4.79 Å². The predicted molar refractivity (Wildman–Crippen MR) is 122 cm³/mol. The number of hydrogen-bond acceptors (Lipinski definition) is 3. The van der Waals surface area contributed by atoms with Crippen molar-refractivity contribution in [3.63, 3.8) is 0 Å². The van der Waals surface area contributed by atoms with Crippen molar-refractivity contribution in [2.75, 3.05) is 14.1 Å². The molecule has 2 amide bonds. The highest BCUT2D eigenvalue weighted by Gasteiger charge is 2.10. The van der Waals surface area contributed by atoms with E-state index in [1.54, 1.807) is 11.3 Å². The number of hydrogen-bond donors (Lipinski definition) is 2. The van der Waals surface area contributed by atoms with Gasteiger partial charge < -0.3 is 15.5 Å². The van der Waals surface area contributed by atoms with Crippen LogP contribution in [-0.2, 0) is 19.5 Å². The van der Waals surface area contributed by atoms with Gasteiger partial charge in [-0.2, -0.15) is 11.3 Å². The van der Waals surface area contributed by atoms with Gasteiger partial charge in [0.1, 0.15) is 0 Å². The first-order valence-corrected chi connectivity index (χ1v) is 10.8. The molecule has 0 radical (unpaired) electrons. The number of urea groups is 1. The van der Waals surface area contributed by atoms with Gasteiger partial charge in [-0.25, -0.2) is 4.79 Å². The van der Waals surface area contributed by atoms with Crippen LogP contribution in [0.25, 0.3) is 11.1 Å². The molecule has 3 aromatic rings. The summed E-state index contributed by atoms with van der Waals surface area (Å²) < 4.78 is 0. The van der Waals surface area contributed by atoms with Crippen molar-refractivity contribution in [3.8, 4) is 11.1 Å². The van der Waals surface area contributed by atoms with Crippen LogP contribution in [0.3, 0.4) is 0 Å². The first-order valence-electron chi connectivity index (χ1n) is 9.88. The summed E-state index contributed by atoms with van der Waals surface area (Å²) in [6.07, 6.45) is 0.840. The van der Waals surface area contributed by atoms with E-state index in [-0.39, 0.29) is 12.1 Å². The van der Waals surface area contributed by atoms with E-state index in [0.717, 1.165) is 29.7 Å². The Morgan fingerprint density at radius 1 is 1.03 bits per heavy atom. The molecule has 152 valence electrons. The lowest BCUT2D eigenvalue weighted by atomic mass is 9.98. The summed E-state index contributed by atoms with van der Waals surface area (Å²) in [4.78, 5) is 14.5. The zero-order chi connectivity index (χ0) is 20.6. The second-order valence-electron chi connectivity index (χ2n) is 7.66. The Morgan fingerprint density at radius 2 is 1.79 bits per heavy atom. The summed E-state index contributed by atoms with van der Waals surface area (Å²) in [6, 6.07) is 18.9. The minimum atomic E-state index is -0.135. The Labute approximate surface area is 177 Å². The fourth-order valence-corrected chi connectivity index (χ4v) is 4.06. The quantitative estimate of drug-likeness (QED) is 0.557. The van der Waals surface area contributed by atoms with Gasteiger partial charge in [0.15, 0.2) is 0 Å². The van der Waals surface area contributed by atoms with E-state index in [0.29, 0.717) is 6.54 Å². The number of benzene rings is 2. The van der Waals surface area contributed by atoms with Crippen LogP contribution in [0.15, 0.2) is 65.4 Å². The number of thiophene rings is 1. The molecule has 0 spiro atoms. The molecule has 1 atom stereocenters. The molecule has 0 aliphatic heterocycles. The van der Waals surface area contributed by atoms with Crippen LogP contribution < -0.4 is 10.6 Å². The Hall–Kier alpha value is -2.63. The highest BCUT2D eigenvalue weighted by Crippen LogP contribution is 2.24. The van der Waals surface area contributed by atoms with E-state index in [1.165, 1.54) is 11.1 Å². The van der Waals surface area contributed by atoms with Gasteiger partial charge >= 0.3 is 6.03 Å². The van der Waals surface area contributed by atoms with Crippen LogP contribution in [0.1, 0.15) is 23.6 Å². The van der Waals surface area contributed by atoms with Crippen LogP contribution in [0.5, 0.6) is 0 Å². The third kappa shape index (κ3) is 6.44. The minimum Gasteiger partial charge on any atom is -0.335 e. The maximum Gasteiger partial charge on any atom is 0.315 e. The Kier molecular flexibility index (Phi) is 7.44. The van der Waals surface area contributed by atoms with Crippen molar-refractivity contribution in [3.05, 3.63) is 82.0 Å². The molecule has 0 saturated carbocycles. The summed E-state index contributed by atoms with van der Waals surface area (Å²) in [5.74, 6) is 0. The molecule has 0 saturated heterocycles. The summed E-state index contributed by atoms with van der Waals surface area (Å²) >= 11 is 1.68. The molecule has 0 aliphatic carbocycles. The lowest BCUT2D eigenvalue weighted by Gasteiger charge is -2.16. The third-order valence-electron chi connectivity index (χ3n) is 4.72. The van der Waals surface area contributed by atoms with E-state index < -0.39 is 0 Å². The zero-order valence-corrected chi connectivity index (χ0v) is 18.1. The Bertz CT molecular complexity index is 904. The van der Waals surface area contributed by atoms with Crippen molar-refractivity contribution in [2.45, 2.75) is 32.5 Å². The van der Waals surface area contributed by atoms with Crippen LogP contribution >= 0.6 is 11.3 Å². The molecular weight excluding hydrogens is 378 g/mol. The van der Waals surface area contributed by atoms with Crippen LogP contribution in [0.2, 0.25) is 0 Å². The second kappa shape index (κ2) is 10.2. The molecule has 29 heavy (non-hydrogen) atoms. The summed E-state index contributed by atoms with van der Waals surface area (Å²) in [7, 11) is 4.14. The summed E-state index contributed by atoms with van der Waals surface area (Å²) in [6.45, 7) is 3.44. The van der Waals surface area contributed by atoms with E-state index >= 15 is 0 Å². The van der Waals surface area contributed by atoms with Gasteiger partial charge in [-0.1, -0.05) is 48.5 Å². The first kappa shape index (κ1) is 21.1. The molecule has 2 N–H and O–H groups in total. The molecule has 0 fully saturated rings. The number of nitrogens with one attached hydrogen (secondary N) is 2. The number of carbonyl (C=O) groups excluding carboxylic acids is 1. The van der Waals surface area contributed by atoms with E-state index in [9.17, 15) is 4.79 Å². The number of nitrogens with zero attached hydrogens (tertiary/aromatic N) is 1. The summed E-state index contributed by atoms with van der Waals surface area (Å²) in [5.41, 5.74) is 5.96. The fraction of sp³-hybridized carbons (Fsp3) is 0.292. The smallest absolute Gasteiger partial charge is 0.315 e. The van der Waals surface area contributed by atoms with E-state index in [4.69, 9.17) is 0 Å². The molecule has 1 aromatic heterocycles. The van der Waals surface area contributed by atoms with Crippen molar-refractivity contribution >= 4 is 17.4 Å². The van der Waals surface area contributed by atoms with Gasteiger partial charge in [0.25, 0.3) is 0 Å². The molecule has 0 aliphatic rings. The van der Waals surface area contributed by atoms with E-state index in [1.807, 2.05) is 19.1 Å². The molecule has 5 heteroatoms. The predicted octanol–water partition coefficient (Wildman–Crippen LogP) is 4.91. The van der Waals surface area contributed by atoms with Crippen LogP contribution in [0.4, 0.5) is 4.79 Å². The monoisotopic (exact) mass is 407 g/mol. The maximum absolute atomic E-state index is 12.3. The minimum absolute atomic E-state index is 0.0871. The van der Waals surface area contributed by atoms with Crippen LogP contribution in [-0.4, -0.2) is 31.1 Å². The van der Waals surface area contributed by atoms with Crippen molar-refractivity contribution in [1.82, 2.24) is 15.5 Å². The number of amides is 2. The fourth-order valence-electron chi connectivity index (χ4n) is 3.37. The van der Waals surface area contributed by atoms with E-state index in [2.05, 4.69) is 82.9 Å². The number of rotatable bonds is 8. The second-order valence-corrected chi connectivity index (χ2v) is 8.44. The Balaban J connectivity index is 1.59. The standard InChI is InChI=1S/C24H29N3OS/c1-18(14-20-12-13-29-17-20)26-24(28)25-15-22-6-4-5-7-23(22)21-10-8-19(9-11-21)16-27(2)3/h4-13,17-18H,14-16H2,1-3H3,(H2,25,26,28). The normalized spacial score (nSPS) is 12.0. The molecular formula is C24H29N3OS. The maximum atomic E-state index is 12.3. The van der Waals surface area contributed by atoms with Gasteiger partial charge in [-0.15, -0.1) is 0 Å². The molecule has 1 heterocycles. The average molecular weight is 408 g/mol. The van der Waals surface area contributed by atoms with Gasteiger partial charge in [0, 0.05) is 19.1 Å². The lowest BCUT2D eigenvalue weighted by molar-refractivity contribution is 0.237. The first-order chi connectivity index (χ1) is 14.0. The average Bonchev–Trinajstić information content (AvgIpc) is 3.19. The van der Waals surface area contributed by atoms with Gasteiger partial charge in [0.2, 0.25) is 0 Å². The molecule has 3 rings (SSSR count). The van der Waals surface area contributed by atoms with Crippen LogP contribution in [0, 0.1) is 0 Å². The largest absolute Gasteiger partial charge is 0.335 e. The highest BCUT2D eigenvalue weighted by atomic mass is 32.1. The molecule has 0 bridgehead atoms. The van der Waals surface area contributed by atoms with Crippen molar-refractivity contribution in [1.29, 1.82) is 0 Å². The molecule has 1 unspecified atom stereocenters. The Morgan fingerprint density at radius 3 is 2.48 bits per heavy atom. The van der Waals surface area contributed by atoms with Gasteiger partial charge in [-0.3, -0.25) is 0 Å². The molecule has 2 aromatic carbocycles. The number of carbonyl (C=O) groups is 1. The molecule has 4 nitrogen and oxygen atoms in total. The third-order valence-corrected chi connectivity index (χ3v) is 5.45. The lowest BCUT2D eigenvalue weighted by Crippen LogP contribution is -2.41. The SMILES string of the molecule is CC(Cc1ccsc1)NC(=O)NCc1ccccc1-c1ccc(CN(C)C)cc1. The van der Waals surface area contributed by atoms with Crippen molar-refractivity contribution in [2.24, 2.45) is 0 Å². The highest BCUT2D eigenvalue weighted by molar-refractivity contribution is 7.07. The zero-order valence-electron chi connectivity index (χ0n) is 17.3. The van der Waals surface area contributed by atoms with Gasteiger partial charge in [0.05, 0.1) is 0 Å². The van der Waals surface area contributed by atoms with Gasteiger partial charge in [-0.05, 0) is 72.1 Å². The topological polar surface area (TPSA) is 44.4 Å².